The van der Waals surface area contributed by atoms with Crippen LogP contribution in [-0.2, 0) is 4.79 Å². The number of rotatable bonds is 11. The number of thiocarbonyl (C=S) groups is 1. The summed E-state index contributed by atoms with van der Waals surface area (Å²) in [5.41, 5.74) is 2.46. The molecule has 4 N–H and O–H groups in total. The zero-order valence-electron chi connectivity index (χ0n) is 17.2. The Morgan fingerprint density at radius 2 is 1.90 bits per heavy atom. The van der Waals surface area contributed by atoms with Gasteiger partial charge >= 0.3 is 5.97 Å². The molecule has 8 nitrogen and oxygen atoms in total. The molecule has 0 saturated carbocycles. The number of nitro benzene ring substituents is 1. The van der Waals surface area contributed by atoms with Gasteiger partial charge in [0, 0.05) is 30.9 Å². The Labute approximate surface area is 186 Å². The van der Waals surface area contributed by atoms with Crippen molar-refractivity contribution >= 4 is 40.8 Å². The quantitative estimate of drug-likeness (QED) is 0.178. The van der Waals surface area contributed by atoms with Crippen molar-refractivity contribution in [2.24, 2.45) is 0 Å². The molecule has 0 spiro atoms. The van der Waals surface area contributed by atoms with E-state index in [0.29, 0.717) is 23.6 Å². The number of aliphatic carboxylic acids is 1. The third-order valence-corrected chi connectivity index (χ3v) is 4.71. The van der Waals surface area contributed by atoms with Crippen LogP contribution in [0.1, 0.15) is 36.9 Å². The van der Waals surface area contributed by atoms with Crippen LogP contribution in [0.15, 0.2) is 54.6 Å². The maximum Gasteiger partial charge on any atom is 0.305 e. The Kier molecular flexibility index (Phi) is 9.44. The number of nitrogens with one attached hydrogen (secondary N) is 3. The molecule has 0 fully saturated rings. The molecule has 1 atom stereocenters. The van der Waals surface area contributed by atoms with Crippen LogP contribution in [0.25, 0.3) is 6.08 Å². The average Bonchev–Trinajstić information content (AvgIpc) is 2.73. The summed E-state index contributed by atoms with van der Waals surface area (Å²) in [6.07, 6.45) is 4.13. The van der Waals surface area contributed by atoms with Gasteiger partial charge in [-0.25, -0.2) is 0 Å². The molecular formula is C22H26N4O4S. The molecule has 2 rings (SSSR count). The van der Waals surface area contributed by atoms with Crippen molar-refractivity contribution in [2.45, 2.75) is 25.8 Å². The summed E-state index contributed by atoms with van der Waals surface area (Å²) in [6, 6.07) is 15.0. The molecule has 2 aromatic carbocycles. The van der Waals surface area contributed by atoms with Crippen LogP contribution in [0, 0.1) is 10.1 Å². The second-order valence-corrected chi connectivity index (χ2v) is 7.23. The second-order valence-electron chi connectivity index (χ2n) is 6.82. The fourth-order valence-corrected chi connectivity index (χ4v) is 3.05. The van der Waals surface area contributed by atoms with Gasteiger partial charge in [-0.3, -0.25) is 14.9 Å². The van der Waals surface area contributed by atoms with Crippen molar-refractivity contribution in [1.82, 2.24) is 10.6 Å². The van der Waals surface area contributed by atoms with Gasteiger partial charge in [-0.1, -0.05) is 42.5 Å². The van der Waals surface area contributed by atoms with E-state index in [4.69, 9.17) is 17.3 Å². The maximum absolute atomic E-state index is 11.4. The van der Waals surface area contributed by atoms with E-state index in [1.54, 1.807) is 18.2 Å². The summed E-state index contributed by atoms with van der Waals surface area (Å²) < 4.78 is 0. The van der Waals surface area contributed by atoms with Crippen LogP contribution >= 0.6 is 12.2 Å². The maximum atomic E-state index is 11.4. The minimum atomic E-state index is -0.894. The van der Waals surface area contributed by atoms with E-state index < -0.39 is 10.9 Å². The topological polar surface area (TPSA) is 117 Å². The van der Waals surface area contributed by atoms with Crippen LogP contribution in [0.3, 0.4) is 0 Å². The smallest absolute Gasteiger partial charge is 0.305 e. The van der Waals surface area contributed by atoms with E-state index in [1.807, 2.05) is 43.3 Å². The van der Waals surface area contributed by atoms with Crippen LogP contribution in [-0.4, -0.2) is 34.2 Å². The summed E-state index contributed by atoms with van der Waals surface area (Å²) >= 11 is 5.06. The van der Waals surface area contributed by atoms with E-state index in [0.717, 1.165) is 11.3 Å². The van der Waals surface area contributed by atoms with Crippen molar-refractivity contribution in [2.75, 3.05) is 18.4 Å². The largest absolute Gasteiger partial charge is 0.481 e. The normalized spacial score (nSPS) is 11.6. The number of nitrogens with zero attached hydrogens (tertiary/aromatic N) is 1. The van der Waals surface area contributed by atoms with Crippen molar-refractivity contribution < 1.29 is 14.8 Å². The Balaban J connectivity index is 1.94. The predicted molar refractivity (Wildman–Crippen MR) is 126 cm³/mol. The van der Waals surface area contributed by atoms with E-state index >= 15 is 0 Å². The molecule has 31 heavy (non-hydrogen) atoms. The third kappa shape index (κ3) is 8.43. The lowest BCUT2D eigenvalue weighted by Crippen LogP contribution is -2.36. The van der Waals surface area contributed by atoms with Crippen LogP contribution in [0.4, 0.5) is 11.4 Å². The molecule has 0 saturated heterocycles. The molecule has 0 aromatic heterocycles. The third-order valence-electron chi connectivity index (χ3n) is 4.43. The van der Waals surface area contributed by atoms with Gasteiger partial charge < -0.3 is 21.1 Å². The predicted octanol–water partition coefficient (Wildman–Crippen LogP) is 4.11. The number of anilines is 1. The molecule has 0 amide bonds. The molecule has 0 aliphatic heterocycles. The molecule has 0 heterocycles. The molecule has 164 valence electrons. The highest BCUT2D eigenvalue weighted by atomic mass is 32.1. The first-order valence-corrected chi connectivity index (χ1v) is 10.3. The van der Waals surface area contributed by atoms with Gasteiger partial charge in [-0.05, 0) is 43.3 Å². The number of carbonyl (C=O) groups is 1. The summed E-state index contributed by atoms with van der Waals surface area (Å²) in [5.74, 6) is -0.894. The Morgan fingerprint density at radius 1 is 1.19 bits per heavy atom. The Bertz CT molecular complexity index is 934. The lowest BCUT2D eigenvalue weighted by Gasteiger charge is -2.16. The van der Waals surface area contributed by atoms with Crippen molar-refractivity contribution in [3.8, 4) is 0 Å². The number of hydrogen-bond acceptors (Lipinski definition) is 5. The van der Waals surface area contributed by atoms with E-state index in [2.05, 4.69) is 16.0 Å². The number of nitro groups is 1. The van der Waals surface area contributed by atoms with Crippen molar-refractivity contribution in [3.63, 3.8) is 0 Å². The first-order valence-electron chi connectivity index (χ1n) is 9.86. The Hall–Kier alpha value is -3.46. The minimum absolute atomic E-state index is 0.0152. The standard InChI is InChI=1S/C22H26N4O4S/c1-16(17-7-3-2-4-8-17)25-19-10-11-20(26(29)30)18(15-19)9-5-6-13-23-22(31)24-14-12-21(27)28/h2-5,7-11,15-16,25H,6,12-14H2,1H3,(H,27,28)(H2,23,24,31)/b9-5+/t16-/m1/s1. The van der Waals surface area contributed by atoms with Crippen molar-refractivity contribution in [3.05, 3.63) is 75.8 Å². The van der Waals surface area contributed by atoms with Crippen LogP contribution < -0.4 is 16.0 Å². The van der Waals surface area contributed by atoms with E-state index in [9.17, 15) is 14.9 Å². The highest BCUT2D eigenvalue weighted by Gasteiger charge is 2.13. The lowest BCUT2D eigenvalue weighted by molar-refractivity contribution is -0.385. The van der Waals surface area contributed by atoms with Gasteiger partial charge in [0.15, 0.2) is 5.11 Å². The summed E-state index contributed by atoms with van der Waals surface area (Å²) in [5, 5.41) is 29.5. The summed E-state index contributed by atoms with van der Waals surface area (Å²) in [7, 11) is 0. The molecule has 2 aromatic rings. The van der Waals surface area contributed by atoms with Gasteiger partial charge in [-0.2, -0.15) is 0 Å². The van der Waals surface area contributed by atoms with Crippen molar-refractivity contribution in [1.29, 1.82) is 0 Å². The highest BCUT2D eigenvalue weighted by Crippen LogP contribution is 2.26. The molecule has 0 aliphatic rings. The van der Waals surface area contributed by atoms with Gasteiger partial charge in [0.1, 0.15) is 0 Å². The fourth-order valence-electron chi connectivity index (χ4n) is 2.84. The number of carboxylic acid groups (broad SMARTS) is 1. The second kappa shape index (κ2) is 12.3. The van der Waals surface area contributed by atoms with E-state index in [1.165, 1.54) is 6.07 Å². The minimum Gasteiger partial charge on any atom is -0.481 e. The van der Waals surface area contributed by atoms with Crippen LogP contribution in [0.5, 0.6) is 0 Å². The number of carboxylic acids is 1. The zero-order chi connectivity index (χ0) is 22.6. The highest BCUT2D eigenvalue weighted by molar-refractivity contribution is 7.80. The van der Waals surface area contributed by atoms with E-state index in [-0.39, 0.29) is 24.7 Å². The first kappa shape index (κ1) is 23.8. The summed E-state index contributed by atoms with van der Waals surface area (Å²) in [6.45, 7) is 2.81. The molecular weight excluding hydrogens is 416 g/mol. The van der Waals surface area contributed by atoms with Gasteiger partial charge in [0.25, 0.3) is 5.69 Å². The monoisotopic (exact) mass is 442 g/mol. The van der Waals surface area contributed by atoms with Gasteiger partial charge in [0.2, 0.25) is 0 Å². The molecule has 0 radical (unpaired) electrons. The SMILES string of the molecule is C[C@@H](Nc1ccc([N+](=O)[O-])c(/C=C/CCNC(=S)NCCC(=O)O)c1)c1ccccc1. The zero-order valence-corrected chi connectivity index (χ0v) is 18.0. The molecule has 9 heteroatoms. The first-order chi connectivity index (χ1) is 14.9. The molecule has 0 bridgehead atoms. The summed E-state index contributed by atoms with van der Waals surface area (Å²) in [4.78, 5) is 21.5. The molecule has 0 aliphatic carbocycles. The number of benzene rings is 2. The average molecular weight is 443 g/mol. The number of hydrogen-bond donors (Lipinski definition) is 4. The lowest BCUT2D eigenvalue weighted by atomic mass is 10.1. The molecule has 0 unspecified atom stereocenters. The van der Waals surface area contributed by atoms with Crippen LogP contribution in [0.2, 0.25) is 0 Å². The van der Waals surface area contributed by atoms with Gasteiger partial charge in [0.05, 0.1) is 16.9 Å². The fraction of sp³-hybridized carbons (Fsp3) is 0.273. The van der Waals surface area contributed by atoms with Gasteiger partial charge in [-0.15, -0.1) is 0 Å². The Morgan fingerprint density at radius 3 is 2.58 bits per heavy atom.